The highest BCUT2D eigenvalue weighted by Gasteiger charge is 2.47. The monoisotopic (exact) mass is 840 g/mol. The molecule has 66 heavy (non-hydrogen) atoms. The highest BCUT2D eigenvalue weighted by atomic mass is 14.9. The molecule has 0 saturated heterocycles. The van der Waals surface area contributed by atoms with E-state index < -0.39 is 5.41 Å². The van der Waals surface area contributed by atoms with Crippen molar-refractivity contribution in [3.8, 4) is 67.3 Å². The molecule has 2 aliphatic rings. The molecule has 0 amide bonds. The van der Waals surface area contributed by atoms with Gasteiger partial charge in [0.1, 0.15) is 0 Å². The zero-order valence-electron chi connectivity index (χ0n) is 36.8. The molecule has 13 rings (SSSR count). The average molecular weight is 841 g/mol. The Morgan fingerprint density at radius 2 is 0.894 bits per heavy atom. The predicted molar refractivity (Wildman–Crippen MR) is 274 cm³/mol. The molecular formula is C64H44N2. The largest absolute Gasteiger partial charge is 0.228 e. The molecule has 2 aliphatic carbocycles. The van der Waals surface area contributed by atoms with Crippen molar-refractivity contribution in [1.82, 2.24) is 9.97 Å². The van der Waals surface area contributed by atoms with Crippen molar-refractivity contribution in [1.29, 1.82) is 0 Å². The molecule has 2 nitrogen and oxygen atoms in total. The molecule has 0 spiro atoms. The summed E-state index contributed by atoms with van der Waals surface area (Å²) in [6, 6.07) is 84.2. The lowest BCUT2D eigenvalue weighted by Crippen LogP contribution is -2.28. The van der Waals surface area contributed by atoms with Crippen molar-refractivity contribution < 1.29 is 0 Å². The number of hydrogen-bond donors (Lipinski definition) is 0. The average Bonchev–Trinajstić information content (AvgIpc) is 3.82. The third-order valence-electron chi connectivity index (χ3n) is 14.6. The molecule has 1 heterocycles. The Morgan fingerprint density at radius 1 is 0.333 bits per heavy atom. The number of rotatable bonds is 6. The first-order valence-electron chi connectivity index (χ1n) is 23.0. The van der Waals surface area contributed by atoms with Crippen molar-refractivity contribution >= 4 is 21.5 Å². The Morgan fingerprint density at radius 3 is 1.65 bits per heavy atom. The molecule has 0 N–H and O–H groups in total. The molecule has 0 radical (unpaired) electrons. The van der Waals surface area contributed by atoms with Gasteiger partial charge in [-0.2, -0.15) is 0 Å². The maximum Gasteiger partial charge on any atom is 0.161 e. The van der Waals surface area contributed by atoms with Gasteiger partial charge in [-0.1, -0.05) is 226 Å². The fourth-order valence-corrected chi connectivity index (χ4v) is 11.7. The van der Waals surface area contributed by atoms with Crippen LogP contribution < -0.4 is 0 Å². The first-order chi connectivity index (χ1) is 32.5. The summed E-state index contributed by atoms with van der Waals surface area (Å²) in [5.41, 5.74) is 19.5. The highest BCUT2D eigenvalue weighted by Crippen LogP contribution is 2.58. The van der Waals surface area contributed by atoms with Crippen LogP contribution in [0.2, 0.25) is 0 Å². The maximum atomic E-state index is 5.60. The van der Waals surface area contributed by atoms with Gasteiger partial charge in [0, 0.05) is 22.1 Å². The second-order valence-corrected chi connectivity index (χ2v) is 18.4. The van der Waals surface area contributed by atoms with Crippen LogP contribution in [0.1, 0.15) is 47.2 Å². The number of hydrogen-bond acceptors (Lipinski definition) is 2. The second-order valence-electron chi connectivity index (χ2n) is 18.4. The van der Waals surface area contributed by atoms with Gasteiger partial charge in [-0.3, -0.25) is 0 Å². The lowest BCUT2D eigenvalue weighted by molar-refractivity contribution is 0.666. The van der Waals surface area contributed by atoms with Crippen LogP contribution in [0, 0.1) is 0 Å². The van der Waals surface area contributed by atoms with Gasteiger partial charge in [-0.15, -0.1) is 0 Å². The number of fused-ring (bicyclic) bond motifs is 9. The van der Waals surface area contributed by atoms with Crippen LogP contribution in [0.15, 0.2) is 231 Å². The van der Waals surface area contributed by atoms with Gasteiger partial charge in [0.2, 0.25) is 0 Å². The molecule has 0 unspecified atom stereocenters. The Labute approximate surface area is 385 Å². The first-order valence-corrected chi connectivity index (χ1v) is 23.0. The van der Waals surface area contributed by atoms with E-state index in [0.717, 1.165) is 33.5 Å². The van der Waals surface area contributed by atoms with Gasteiger partial charge < -0.3 is 0 Å². The van der Waals surface area contributed by atoms with Crippen LogP contribution in [0.3, 0.4) is 0 Å². The summed E-state index contributed by atoms with van der Waals surface area (Å²) in [5, 5.41) is 4.92. The quantitative estimate of drug-likeness (QED) is 0.167. The van der Waals surface area contributed by atoms with E-state index >= 15 is 0 Å². The van der Waals surface area contributed by atoms with Crippen molar-refractivity contribution in [3.63, 3.8) is 0 Å². The van der Waals surface area contributed by atoms with Gasteiger partial charge in [-0.05, 0) is 107 Å². The number of nitrogens with zero attached hydrogens (tertiary/aromatic N) is 2. The van der Waals surface area contributed by atoms with Gasteiger partial charge in [0.05, 0.1) is 16.8 Å². The van der Waals surface area contributed by atoms with Gasteiger partial charge in [-0.25, -0.2) is 9.97 Å². The normalized spacial score (nSPS) is 13.8. The van der Waals surface area contributed by atoms with Gasteiger partial charge in [0.25, 0.3) is 0 Å². The molecule has 10 aromatic carbocycles. The molecule has 11 aromatic rings. The van der Waals surface area contributed by atoms with Gasteiger partial charge >= 0.3 is 0 Å². The molecule has 0 atom stereocenters. The van der Waals surface area contributed by atoms with Crippen molar-refractivity contribution in [2.45, 2.75) is 24.7 Å². The zero-order chi connectivity index (χ0) is 44.0. The Balaban J connectivity index is 1.00. The zero-order valence-corrected chi connectivity index (χ0v) is 36.8. The van der Waals surface area contributed by atoms with Crippen molar-refractivity contribution in [2.75, 3.05) is 0 Å². The van der Waals surface area contributed by atoms with Crippen molar-refractivity contribution in [3.05, 3.63) is 264 Å². The summed E-state index contributed by atoms with van der Waals surface area (Å²) in [5.74, 6) is 0.702. The van der Waals surface area contributed by atoms with Crippen LogP contribution >= 0.6 is 0 Å². The summed E-state index contributed by atoms with van der Waals surface area (Å²) >= 11 is 0. The minimum atomic E-state index is -0.516. The Bertz CT molecular complexity index is 3680. The maximum absolute atomic E-state index is 5.60. The van der Waals surface area contributed by atoms with Crippen LogP contribution in [-0.4, -0.2) is 9.97 Å². The van der Waals surface area contributed by atoms with E-state index in [1.165, 1.54) is 82.9 Å². The summed E-state index contributed by atoms with van der Waals surface area (Å²) < 4.78 is 0. The summed E-state index contributed by atoms with van der Waals surface area (Å²) in [6.45, 7) is 4.77. The van der Waals surface area contributed by atoms with Crippen LogP contribution in [0.5, 0.6) is 0 Å². The molecule has 0 bridgehead atoms. The number of benzene rings is 10. The van der Waals surface area contributed by atoms with Crippen LogP contribution in [0.4, 0.5) is 0 Å². The van der Waals surface area contributed by atoms with Crippen LogP contribution in [0.25, 0.3) is 88.8 Å². The first kappa shape index (κ1) is 38.3. The smallest absolute Gasteiger partial charge is 0.161 e. The van der Waals surface area contributed by atoms with Gasteiger partial charge in [0.15, 0.2) is 5.82 Å². The third kappa shape index (κ3) is 5.55. The van der Waals surface area contributed by atoms with E-state index in [2.05, 4.69) is 244 Å². The Kier molecular flexibility index (Phi) is 8.51. The Hall–Kier alpha value is -8.20. The molecule has 2 heteroatoms. The van der Waals surface area contributed by atoms with E-state index in [-0.39, 0.29) is 5.41 Å². The predicted octanol–water partition coefficient (Wildman–Crippen LogP) is 16.1. The van der Waals surface area contributed by atoms with Crippen molar-refractivity contribution in [2.24, 2.45) is 0 Å². The lowest BCUT2D eigenvalue weighted by Gasteiger charge is -2.33. The molecule has 1 aromatic heterocycles. The van der Waals surface area contributed by atoms with E-state index in [1.54, 1.807) is 0 Å². The van der Waals surface area contributed by atoms with Crippen LogP contribution in [-0.2, 0) is 10.8 Å². The third-order valence-corrected chi connectivity index (χ3v) is 14.6. The van der Waals surface area contributed by atoms with E-state index in [4.69, 9.17) is 9.97 Å². The highest BCUT2D eigenvalue weighted by molar-refractivity contribution is 6.06. The lowest BCUT2D eigenvalue weighted by atomic mass is 9.67. The molecule has 310 valence electrons. The van der Waals surface area contributed by atoms with E-state index in [0.29, 0.717) is 5.82 Å². The molecule has 0 saturated carbocycles. The summed E-state index contributed by atoms with van der Waals surface area (Å²) in [6.07, 6.45) is 0. The summed E-state index contributed by atoms with van der Waals surface area (Å²) in [4.78, 5) is 11.0. The van der Waals surface area contributed by atoms with E-state index in [9.17, 15) is 0 Å². The summed E-state index contributed by atoms with van der Waals surface area (Å²) in [7, 11) is 0. The standard InChI is InChI=1S/C64H44N2/c1-63(2)57-39-43(34-35-50(57)51-36-33-41-19-12-13-26-47(41)61(51)63)46-37-38-52(49-28-15-14-27-48(46)49)62-65-58(42-20-6-3-7-21-42)40-59(66-62)54-30-18-32-56-60(54)53-29-16-17-31-55(53)64(56,44-22-8-4-9-23-44)45-24-10-5-11-25-45/h3-40H,1-2H3. The minimum Gasteiger partial charge on any atom is -0.228 e. The minimum absolute atomic E-state index is 0.153. The second kappa shape index (κ2) is 14.7. The molecule has 0 aliphatic heterocycles. The SMILES string of the molecule is CC1(C)c2cc(-c3ccc(-c4nc(-c5ccccc5)cc(-c5cccc6c5-c5ccccc5C6(c5ccccc5)c5ccccc5)n4)c4ccccc34)ccc2-c2ccc3ccccc3c21. The molecule has 0 fully saturated rings. The van der Waals surface area contributed by atoms with E-state index in [1.807, 2.05) is 0 Å². The molecular weight excluding hydrogens is 797 g/mol. The number of aromatic nitrogens is 2. The topological polar surface area (TPSA) is 25.8 Å². The fraction of sp³-hybridized carbons (Fsp3) is 0.0625. The fourth-order valence-electron chi connectivity index (χ4n) is 11.7.